The molecule has 0 aromatic rings. The number of hydrogen-bond donors (Lipinski definition) is 0. The van der Waals surface area contributed by atoms with Crippen LogP contribution in [-0.2, 0) is 0 Å². The van der Waals surface area contributed by atoms with Crippen molar-refractivity contribution in [1.82, 2.24) is 0 Å². The van der Waals surface area contributed by atoms with Gasteiger partial charge in [-0.05, 0) is 32.9 Å². The van der Waals surface area contributed by atoms with Crippen molar-refractivity contribution in [2.24, 2.45) is 9.98 Å². The van der Waals surface area contributed by atoms with E-state index in [2.05, 4.69) is 23.1 Å². The molecule has 0 amide bonds. The lowest BCUT2D eigenvalue weighted by Gasteiger charge is -1.92. The Morgan fingerprint density at radius 1 is 1.00 bits per heavy atom. The van der Waals surface area contributed by atoms with E-state index >= 15 is 0 Å². The van der Waals surface area contributed by atoms with Crippen molar-refractivity contribution in [2.75, 3.05) is 0 Å². The molecule has 0 aliphatic heterocycles. The summed E-state index contributed by atoms with van der Waals surface area (Å²) < 4.78 is 0. The first-order valence-electron chi connectivity index (χ1n) is 4.11. The maximum atomic E-state index is 4.22. The Labute approximate surface area is 80.1 Å². The zero-order chi connectivity index (χ0) is 10.3. The van der Waals surface area contributed by atoms with Crippen LogP contribution >= 0.6 is 0 Å². The molecule has 0 unspecified atom stereocenters. The number of aliphatic imine (C=N–C) groups is 2. The summed E-state index contributed by atoms with van der Waals surface area (Å²) >= 11 is 0. The van der Waals surface area contributed by atoms with Gasteiger partial charge in [0.15, 0.2) is 0 Å². The summed E-state index contributed by atoms with van der Waals surface area (Å²) in [6, 6.07) is 0. The van der Waals surface area contributed by atoms with Gasteiger partial charge in [0.2, 0.25) is 0 Å². The van der Waals surface area contributed by atoms with Gasteiger partial charge < -0.3 is 0 Å². The molecule has 0 rings (SSSR count). The van der Waals surface area contributed by atoms with Crippen molar-refractivity contribution in [3.63, 3.8) is 0 Å². The molecule has 0 aromatic heterocycles. The fraction of sp³-hybridized carbons (Fsp3) is 0.273. The second-order valence-electron chi connectivity index (χ2n) is 2.70. The van der Waals surface area contributed by atoms with Crippen LogP contribution in [0.3, 0.4) is 0 Å². The quantitative estimate of drug-likeness (QED) is 0.588. The van der Waals surface area contributed by atoms with E-state index in [1.54, 1.807) is 18.4 Å². The predicted molar refractivity (Wildman–Crippen MR) is 60.4 cm³/mol. The van der Waals surface area contributed by atoms with Gasteiger partial charge in [-0.25, -0.2) is 0 Å². The summed E-state index contributed by atoms with van der Waals surface area (Å²) in [6.07, 6.45) is 5.12. The summed E-state index contributed by atoms with van der Waals surface area (Å²) in [5, 5.41) is 0. The van der Waals surface area contributed by atoms with Gasteiger partial charge >= 0.3 is 0 Å². The van der Waals surface area contributed by atoms with E-state index in [-0.39, 0.29) is 0 Å². The monoisotopic (exact) mass is 176 g/mol. The van der Waals surface area contributed by atoms with Crippen molar-refractivity contribution < 1.29 is 0 Å². The molecular formula is C11H16N2. The van der Waals surface area contributed by atoms with Crippen LogP contribution in [0.5, 0.6) is 0 Å². The van der Waals surface area contributed by atoms with E-state index in [1.165, 1.54) is 0 Å². The average Bonchev–Trinajstić information content (AvgIpc) is 2.13. The molecule has 0 aliphatic carbocycles. The summed E-state index contributed by atoms with van der Waals surface area (Å²) in [7, 11) is 0. The zero-order valence-electron chi connectivity index (χ0n) is 8.54. The molecule has 0 bridgehead atoms. The van der Waals surface area contributed by atoms with Crippen LogP contribution in [0.2, 0.25) is 0 Å². The summed E-state index contributed by atoms with van der Waals surface area (Å²) in [5.41, 5.74) is 2.63. The summed E-state index contributed by atoms with van der Waals surface area (Å²) in [4.78, 5) is 8.35. The Balaban J connectivity index is 4.51. The molecule has 0 saturated carbocycles. The third kappa shape index (κ3) is 5.79. The minimum Gasteiger partial charge on any atom is -0.260 e. The van der Waals surface area contributed by atoms with Gasteiger partial charge in [-0.1, -0.05) is 13.2 Å². The lowest BCUT2D eigenvalue weighted by atomic mass is 10.4. The largest absolute Gasteiger partial charge is 0.260 e. The van der Waals surface area contributed by atoms with Crippen LogP contribution in [0, 0.1) is 0 Å². The fourth-order valence-corrected chi connectivity index (χ4v) is 0.601. The molecule has 2 heteroatoms. The van der Waals surface area contributed by atoms with Gasteiger partial charge in [0, 0.05) is 17.6 Å². The molecular weight excluding hydrogens is 160 g/mol. The van der Waals surface area contributed by atoms with Crippen molar-refractivity contribution in [3.8, 4) is 0 Å². The van der Waals surface area contributed by atoms with Crippen molar-refractivity contribution in [3.05, 3.63) is 37.2 Å². The Hall–Kier alpha value is -1.44. The molecule has 0 saturated heterocycles. The highest BCUT2D eigenvalue weighted by atomic mass is 14.8. The summed E-state index contributed by atoms with van der Waals surface area (Å²) in [5.74, 6) is 0. The normalized spacial score (nSPS) is 14.2. The second kappa shape index (κ2) is 6.12. The highest BCUT2D eigenvalue weighted by Gasteiger charge is 1.84. The van der Waals surface area contributed by atoms with Gasteiger partial charge in [0.25, 0.3) is 0 Å². The fourth-order valence-electron chi connectivity index (χ4n) is 0.601. The number of nitrogens with zero attached hydrogens (tertiary/aromatic N) is 2. The van der Waals surface area contributed by atoms with E-state index in [0.29, 0.717) is 0 Å². The Morgan fingerprint density at radius 2 is 1.54 bits per heavy atom. The maximum absolute atomic E-state index is 4.22. The molecule has 0 radical (unpaired) electrons. The van der Waals surface area contributed by atoms with E-state index in [9.17, 15) is 0 Å². The summed E-state index contributed by atoms with van der Waals surface area (Å²) in [6.45, 7) is 12.9. The Kier molecular flexibility index (Phi) is 5.44. The molecule has 0 aliphatic rings. The minimum atomic E-state index is 0.860. The van der Waals surface area contributed by atoms with Gasteiger partial charge in [-0.15, -0.1) is 0 Å². The number of hydrogen-bond acceptors (Lipinski definition) is 2. The molecule has 0 atom stereocenters. The number of allylic oxidation sites excluding steroid dienone is 3. The zero-order valence-corrected chi connectivity index (χ0v) is 8.54. The van der Waals surface area contributed by atoms with E-state index in [0.717, 1.165) is 17.1 Å². The maximum Gasteiger partial charge on any atom is 0.0558 e. The molecule has 0 heterocycles. The molecule has 0 N–H and O–H groups in total. The molecule has 70 valence electrons. The minimum absolute atomic E-state index is 0.860. The molecule has 2 nitrogen and oxygen atoms in total. The smallest absolute Gasteiger partial charge is 0.0558 e. The van der Waals surface area contributed by atoms with Crippen LogP contribution in [-0.4, -0.2) is 11.4 Å². The molecule has 0 aromatic carbocycles. The number of rotatable bonds is 4. The second-order valence-corrected chi connectivity index (χ2v) is 2.70. The molecule has 0 spiro atoms. The van der Waals surface area contributed by atoms with Crippen molar-refractivity contribution in [1.29, 1.82) is 0 Å². The topological polar surface area (TPSA) is 24.7 Å². The van der Waals surface area contributed by atoms with Gasteiger partial charge in [-0.2, -0.15) is 0 Å². The van der Waals surface area contributed by atoms with E-state index in [1.807, 2.05) is 20.8 Å². The van der Waals surface area contributed by atoms with Gasteiger partial charge in [0.05, 0.1) is 5.70 Å². The molecule has 0 fully saturated rings. The Morgan fingerprint density at radius 3 is 2.00 bits per heavy atom. The van der Waals surface area contributed by atoms with Crippen LogP contribution < -0.4 is 0 Å². The SMILES string of the molecule is C=CC(C)=N/C=C(/C)N=C(C)C=C. The third-order valence-corrected chi connectivity index (χ3v) is 1.40. The highest BCUT2D eigenvalue weighted by molar-refractivity contribution is 5.93. The van der Waals surface area contributed by atoms with Crippen molar-refractivity contribution >= 4 is 11.4 Å². The standard InChI is InChI=1S/C11H16N2/c1-6-9(3)12-8-11(5)13-10(4)7-2/h6-8H,1-2H2,3-5H3/b11-8-,12-9?,13-10?. The molecule has 13 heavy (non-hydrogen) atoms. The first-order chi connectivity index (χ1) is 6.10. The van der Waals surface area contributed by atoms with Gasteiger partial charge in [-0.3, -0.25) is 9.98 Å². The van der Waals surface area contributed by atoms with E-state index in [4.69, 9.17) is 0 Å². The predicted octanol–water partition coefficient (Wildman–Crippen LogP) is 3.14. The lowest BCUT2D eigenvalue weighted by molar-refractivity contribution is 1.26. The van der Waals surface area contributed by atoms with Crippen LogP contribution in [0.25, 0.3) is 0 Å². The highest BCUT2D eigenvalue weighted by Crippen LogP contribution is 1.97. The average molecular weight is 176 g/mol. The Bertz CT molecular complexity index is 280. The third-order valence-electron chi connectivity index (χ3n) is 1.40. The van der Waals surface area contributed by atoms with Crippen LogP contribution in [0.1, 0.15) is 20.8 Å². The first kappa shape index (κ1) is 11.6. The van der Waals surface area contributed by atoms with Gasteiger partial charge in [0.1, 0.15) is 0 Å². The van der Waals surface area contributed by atoms with Crippen LogP contribution in [0.4, 0.5) is 0 Å². The van der Waals surface area contributed by atoms with Crippen LogP contribution in [0.15, 0.2) is 47.2 Å². The van der Waals surface area contributed by atoms with E-state index < -0.39 is 0 Å². The first-order valence-corrected chi connectivity index (χ1v) is 4.11. The lowest BCUT2D eigenvalue weighted by Crippen LogP contribution is -1.84. The van der Waals surface area contributed by atoms with Crippen molar-refractivity contribution in [2.45, 2.75) is 20.8 Å².